The molecule has 0 aromatic carbocycles. The largest absolute Gasteiger partial charge is 0.0988 e. The Hall–Kier alpha value is -0.520. The molecule has 10 heavy (non-hydrogen) atoms. The molecule has 0 aromatic heterocycles. The Balaban J connectivity index is 2.72. The third kappa shape index (κ3) is 1.50. The highest BCUT2D eigenvalue weighted by Crippen LogP contribution is 2.26. The van der Waals surface area contributed by atoms with Crippen molar-refractivity contribution in [3.05, 3.63) is 23.8 Å². The van der Waals surface area contributed by atoms with Gasteiger partial charge >= 0.3 is 0 Å². The fourth-order valence-electron chi connectivity index (χ4n) is 1.64. The van der Waals surface area contributed by atoms with Gasteiger partial charge in [0.15, 0.2) is 0 Å². The minimum atomic E-state index is 1.22. The summed E-state index contributed by atoms with van der Waals surface area (Å²) in [4.78, 5) is 0. The Kier molecular flexibility index (Phi) is 2.73. The Morgan fingerprint density at radius 3 is 2.60 bits per heavy atom. The van der Waals surface area contributed by atoms with Crippen LogP contribution in [0, 0.1) is 0 Å². The highest BCUT2D eigenvalue weighted by atomic mass is 14.1. The van der Waals surface area contributed by atoms with Crippen LogP contribution in [0.5, 0.6) is 0 Å². The van der Waals surface area contributed by atoms with Crippen LogP contribution >= 0.6 is 0 Å². The smallest absolute Gasteiger partial charge is 0.0279 e. The lowest BCUT2D eigenvalue weighted by atomic mass is 9.90. The van der Waals surface area contributed by atoms with Crippen molar-refractivity contribution in [3.8, 4) is 0 Å². The van der Waals surface area contributed by atoms with Crippen LogP contribution in [0.2, 0.25) is 0 Å². The van der Waals surface area contributed by atoms with Gasteiger partial charge in [0.1, 0.15) is 0 Å². The van der Waals surface area contributed by atoms with Gasteiger partial charge in [-0.1, -0.05) is 25.2 Å². The number of rotatable bonds is 2. The molecule has 0 spiro atoms. The van der Waals surface area contributed by atoms with E-state index in [-0.39, 0.29) is 0 Å². The number of hydrogen-bond donors (Lipinski definition) is 0. The molecule has 1 rings (SSSR count). The molecule has 0 aliphatic heterocycles. The van der Waals surface area contributed by atoms with Crippen molar-refractivity contribution in [1.29, 1.82) is 0 Å². The van der Waals surface area contributed by atoms with Crippen LogP contribution in [-0.4, -0.2) is 0 Å². The van der Waals surface area contributed by atoms with Gasteiger partial charge < -0.3 is 0 Å². The molecule has 56 valence electrons. The van der Waals surface area contributed by atoms with E-state index in [9.17, 15) is 0 Å². The number of hydrogen-bond acceptors (Lipinski definition) is 0. The molecule has 0 bridgehead atoms. The molecule has 0 saturated carbocycles. The Morgan fingerprint density at radius 1 is 1.40 bits per heavy atom. The standard InChI is InChI=1S/C10H16/c1-3-9-7-5-6-8-10(9)4-2/h3H,1,4-8H2,2H3. The zero-order valence-electron chi connectivity index (χ0n) is 6.82. The molecular weight excluding hydrogens is 120 g/mol. The van der Waals surface area contributed by atoms with E-state index in [0.717, 1.165) is 0 Å². The van der Waals surface area contributed by atoms with Gasteiger partial charge in [-0.15, -0.1) is 0 Å². The van der Waals surface area contributed by atoms with E-state index in [0.29, 0.717) is 0 Å². The first kappa shape index (κ1) is 7.59. The zero-order chi connectivity index (χ0) is 7.40. The van der Waals surface area contributed by atoms with Gasteiger partial charge in [-0.2, -0.15) is 0 Å². The third-order valence-electron chi connectivity index (χ3n) is 2.30. The zero-order valence-corrected chi connectivity index (χ0v) is 6.82. The summed E-state index contributed by atoms with van der Waals surface area (Å²) < 4.78 is 0. The van der Waals surface area contributed by atoms with Crippen LogP contribution in [0.1, 0.15) is 39.0 Å². The molecule has 0 fully saturated rings. The van der Waals surface area contributed by atoms with Crippen molar-refractivity contribution in [2.45, 2.75) is 39.0 Å². The summed E-state index contributed by atoms with van der Waals surface area (Å²) in [6.07, 6.45) is 8.61. The molecule has 1 aliphatic rings. The van der Waals surface area contributed by atoms with Gasteiger partial charge in [-0.3, -0.25) is 0 Å². The Bertz CT molecular complexity index is 151. The summed E-state index contributed by atoms with van der Waals surface area (Å²) in [5.74, 6) is 0. The van der Waals surface area contributed by atoms with E-state index >= 15 is 0 Å². The van der Waals surface area contributed by atoms with Crippen LogP contribution in [0.15, 0.2) is 23.8 Å². The highest BCUT2D eigenvalue weighted by Gasteiger charge is 2.07. The fraction of sp³-hybridized carbons (Fsp3) is 0.600. The summed E-state index contributed by atoms with van der Waals surface area (Å²) in [5, 5.41) is 0. The van der Waals surface area contributed by atoms with E-state index in [1.54, 1.807) is 5.57 Å². The van der Waals surface area contributed by atoms with Crippen molar-refractivity contribution < 1.29 is 0 Å². The van der Waals surface area contributed by atoms with Crippen molar-refractivity contribution >= 4 is 0 Å². The Labute approximate surface area is 63.6 Å². The van der Waals surface area contributed by atoms with E-state index in [1.165, 1.54) is 37.7 Å². The first-order chi connectivity index (χ1) is 4.88. The van der Waals surface area contributed by atoms with Gasteiger partial charge in [0.25, 0.3) is 0 Å². The van der Waals surface area contributed by atoms with Crippen molar-refractivity contribution in [3.63, 3.8) is 0 Å². The second-order valence-electron chi connectivity index (χ2n) is 2.89. The van der Waals surface area contributed by atoms with E-state index in [4.69, 9.17) is 0 Å². The van der Waals surface area contributed by atoms with Crippen LogP contribution in [-0.2, 0) is 0 Å². The minimum absolute atomic E-state index is 1.22. The van der Waals surface area contributed by atoms with E-state index in [2.05, 4.69) is 13.5 Å². The second kappa shape index (κ2) is 3.60. The molecule has 0 radical (unpaired) electrons. The van der Waals surface area contributed by atoms with Crippen molar-refractivity contribution in [1.82, 2.24) is 0 Å². The minimum Gasteiger partial charge on any atom is -0.0988 e. The summed E-state index contributed by atoms with van der Waals surface area (Å²) in [6, 6.07) is 0. The van der Waals surface area contributed by atoms with Crippen molar-refractivity contribution in [2.24, 2.45) is 0 Å². The summed E-state index contributed by atoms with van der Waals surface area (Å²) in [6.45, 7) is 6.06. The first-order valence-corrected chi connectivity index (χ1v) is 4.21. The van der Waals surface area contributed by atoms with E-state index < -0.39 is 0 Å². The van der Waals surface area contributed by atoms with E-state index in [1.807, 2.05) is 6.08 Å². The molecular formula is C10H16. The highest BCUT2D eigenvalue weighted by molar-refractivity contribution is 5.25. The monoisotopic (exact) mass is 136 g/mol. The quantitative estimate of drug-likeness (QED) is 0.545. The first-order valence-electron chi connectivity index (χ1n) is 4.21. The van der Waals surface area contributed by atoms with Gasteiger partial charge in [0.05, 0.1) is 0 Å². The molecule has 1 aliphatic carbocycles. The molecule has 0 aromatic rings. The van der Waals surface area contributed by atoms with Gasteiger partial charge in [0, 0.05) is 0 Å². The average molecular weight is 136 g/mol. The molecule has 0 N–H and O–H groups in total. The molecule has 0 heterocycles. The topological polar surface area (TPSA) is 0 Å². The van der Waals surface area contributed by atoms with Gasteiger partial charge in [-0.25, -0.2) is 0 Å². The second-order valence-corrected chi connectivity index (χ2v) is 2.89. The van der Waals surface area contributed by atoms with Crippen LogP contribution in [0.25, 0.3) is 0 Å². The predicted molar refractivity (Wildman–Crippen MR) is 46.0 cm³/mol. The molecule has 0 heteroatoms. The summed E-state index contributed by atoms with van der Waals surface area (Å²) in [5.41, 5.74) is 3.16. The lowest BCUT2D eigenvalue weighted by molar-refractivity contribution is 0.666. The molecule has 0 amide bonds. The summed E-state index contributed by atoms with van der Waals surface area (Å²) >= 11 is 0. The normalized spacial score (nSPS) is 19.3. The fourth-order valence-corrected chi connectivity index (χ4v) is 1.64. The predicted octanol–water partition coefficient (Wildman–Crippen LogP) is 3.45. The SMILES string of the molecule is C=CC1=C(CC)CCCC1. The van der Waals surface area contributed by atoms with Gasteiger partial charge in [-0.05, 0) is 37.7 Å². The maximum Gasteiger partial charge on any atom is -0.0279 e. The lowest BCUT2D eigenvalue weighted by Crippen LogP contribution is -1.96. The van der Waals surface area contributed by atoms with Crippen LogP contribution in [0.4, 0.5) is 0 Å². The maximum absolute atomic E-state index is 3.82. The number of allylic oxidation sites excluding steroid dienone is 3. The average Bonchev–Trinajstić information content (AvgIpc) is 2.04. The Morgan fingerprint density at radius 2 is 2.10 bits per heavy atom. The third-order valence-corrected chi connectivity index (χ3v) is 2.30. The summed E-state index contributed by atoms with van der Waals surface area (Å²) in [7, 11) is 0. The molecule has 0 unspecified atom stereocenters. The molecule has 0 saturated heterocycles. The van der Waals surface area contributed by atoms with Crippen LogP contribution < -0.4 is 0 Å². The van der Waals surface area contributed by atoms with Crippen molar-refractivity contribution in [2.75, 3.05) is 0 Å². The van der Waals surface area contributed by atoms with Crippen LogP contribution in [0.3, 0.4) is 0 Å². The molecule has 0 atom stereocenters. The lowest BCUT2D eigenvalue weighted by Gasteiger charge is -2.16. The molecule has 0 nitrogen and oxygen atoms in total. The van der Waals surface area contributed by atoms with Gasteiger partial charge in [0.2, 0.25) is 0 Å². The maximum atomic E-state index is 3.82.